The summed E-state index contributed by atoms with van der Waals surface area (Å²) in [7, 11) is 0. The van der Waals surface area contributed by atoms with Crippen LogP contribution in [-0.4, -0.2) is 34.2 Å². The van der Waals surface area contributed by atoms with Crippen LogP contribution in [0.15, 0.2) is 54.6 Å². The number of amides is 3. The molecule has 0 radical (unpaired) electrons. The Morgan fingerprint density at radius 1 is 1.06 bits per heavy atom. The van der Waals surface area contributed by atoms with Crippen LogP contribution in [0, 0.1) is 52.5 Å². The second-order valence-corrected chi connectivity index (χ2v) is 10.3. The van der Waals surface area contributed by atoms with E-state index < -0.39 is 10.8 Å². The molecule has 6 atom stereocenters. The lowest BCUT2D eigenvalue weighted by molar-refractivity contribution is -0.384. The van der Waals surface area contributed by atoms with E-state index in [1.165, 1.54) is 34.1 Å². The molecule has 35 heavy (non-hydrogen) atoms. The van der Waals surface area contributed by atoms with Crippen LogP contribution in [0.25, 0.3) is 0 Å². The van der Waals surface area contributed by atoms with E-state index in [2.05, 4.69) is 12.2 Å². The highest BCUT2D eigenvalue weighted by molar-refractivity contribution is 6.31. The van der Waals surface area contributed by atoms with Gasteiger partial charge in [0.05, 0.1) is 16.8 Å². The molecule has 0 aromatic heterocycles. The van der Waals surface area contributed by atoms with E-state index in [1.807, 2.05) is 6.92 Å². The number of imide groups is 1. The number of nitro benzene ring substituents is 1. The topological polar surface area (TPSA) is 101 Å². The maximum Gasteiger partial charge on any atom is 0.269 e. The van der Waals surface area contributed by atoms with Crippen molar-refractivity contribution in [2.45, 2.75) is 13.3 Å². The van der Waals surface area contributed by atoms with E-state index in [0.29, 0.717) is 22.5 Å². The lowest BCUT2D eigenvalue weighted by Crippen LogP contribution is -2.45. The maximum atomic E-state index is 13.6. The number of carbonyl (C=O) groups excluding carboxylic acids is 3. The summed E-state index contributed by atoms with van der Waals surface area (Å²) < 4.78 is 0. The van der Waals surface area contributed by atoms with Gasteiger partial charge in [-0.05, 0) is 66.8 Å². The van der Waals surface area contributed by atoms with Crippen LogP contribution in [0.5, 0.6) is 0 Å². The fourth-order valence-electron chi connectivity index (χ4n) is 6.19. The van der Waals surface area contributed by atoms with Gasteiger partial charge in [0.2, 0.25) is 11.8 Å². The Kier molecular flexibility index (Phi) is 4.86. The molecule has 2 saturated carbocycles. The fourth-order valence-corrected chi connectivity index (χ4v) is 6.37. The van der Waals surface area contributed by atoms with Crippen LogP contribution in [-0.2, 0) is 9.59 Å². The molecule has 178 valence electrons. The molecule has 7 rings (SSSR count). The highest BCUT2D eigenvalue weighted by Crippen LogP contribution is 2.65. The van der Waals surface area contributed by atoms with Gasteiger partial charge >= 0.3 is 0 Å². The molecule has 0 N–H and O–H groups in total. The van der Waals surface area contributed by atoms with Gasteiger partial charge in [0, 0.05) is 28.4 Å². The lowest BCUT2D eigenvalue weighted by atomic mass is 9.63. The number of nitro groups is 1. The number of carbonyl (C=O) groups is 3. The number of halogens is 1. The second-order valence-electron chi connectivity index (χ2n) is 9.87. The number of hydrogen-bond donors (Lipinski definition) is 0. The number of aryl methyl sites for hydroxylation is 1. The van der Waals surface area contributed by atoms with Gasteiger partial charge in [0.15, 0.2) is 0 Å². The molecule has 4 aliphatic carbocycles. The number of non-ortho nitro benzene ring substituents is 1. The van der Waals surface area contributed by atoms with Gasteiger partial charge in [-0.3, -0.25) is 34.3 Å². The van der Waals surface area contributed by atoms with Crippen molar-refractivity contribution >= 4 is 40.7 Å². The van der Waals surface area contributed by atoms with Crippen molar-refractivity contribution in [2.75, 3.05) is 11.6 Å². The summed E-state index contributed by atoms with van der Waals surface area (Å²) in [6.45, 7) is 1.59. The monoisotopic (exact) mass is 491 g/mol. The van der Waals surface area contributed by atoms with Crippen molar-refractivity contribution in [2.24, 2.45) is 35.5 Å². The summed E-state index contributed by atoms with van der Waals surface area (Å²) in [5.41, 5.74) is 1.32. The zero-order chi connectivity index (χ0) is 24.6. The predicted molar refractivity (Wildman–Crippen MR) is 128 cm³/mol. The first-order valence-corrected chi connectivity index (χ1v) is 12.0. The Morgan fingerprint density at radius 2 is 1.66 bits per heavy atom. The number of nitrogens with zero attached hydrogens (tertiary/aromatic N) is 3. The molecule has 1 aliphatic heterocycles. The van der Waals surface area contributed by atoms with Crippen LogP contribution in [0.4, 0.5) is 11.4 Å². The Morgan fingerprint density at radius 3 is 2.20 bits per heavy atom. The Balaban J connectivity index is 1.34. The quantitative estimate of drug-likeness (QED) is 0.270. The average Bonchev–Trinajstić information content (AvgIpc) is 3.64. The maximum absolute atomic E-state index is 13.6. The minimum Gasteiger partial charge on any atom is -0.289 e. The number of benzene rings is 2. The van der Waals surface area contributed by atoms with Crippen molar-refractivity contribution < 1.29 is 19.3 Å². The van der Waals surface area contributed by atoms with Gasteiger partial charge in [-0.15, -0.1) is 0 Å². The van der Waals surface area contributed by atoms with Crippen molar-refractivity contribution in [3.8, 4) is 0 Å². The molecular formula is C26H22ClN3O5. The summed E-state index contributed by atoms with van der Waals surface area (Å²) >= 11 is 6.34. The van der Waals surface area contributed by atoms with Crippen LogP contribution in [0.1, 0.15) is 22.3 Å². The minimum absolute atomic E-state index is 0.0871. The molecule has 9 heteroatoms. The SMILES string of the molecule is Cc1ccc(N(CN2C(=O)C3C4C=CC(C5CC45)C3C2=O)C(=O)c2ccc([N+](=O)[O-])cc2)cc1Cl. The minimum atomic E-state index is -0.540. The van der Waals surface area contributed by atoms with E-state index in [1.54, 1.807) is 18.2 Å². The number of hydrogen-bond acceptors (Lipinski definition) is 5. The second kappa shape index (κ2) is 7.75. The molecule has 1 saturated heterocycles. The third-order valence-electron chi connectivity index (χ3n) is 8.07. The van der Waals surface area contributed by atoms with Crippen LogP contribution < -0.4 is 4.90 Å². The number of likely N-dealkylation sites (tertiary alicyclic amines) is 1. The Bertz CT molecular complexity index is 1290. The largest absolute Gasteiger partial charge is 0.289 e. The number of allylic oxidation sites excluding steroid dienone is 2. The predicted octanol–water partition coefficient (Wildman–Crippen LogP) is 4.21. The summed E-state index contributed by atoms with van der Waals surface area (Å²) in [6, 6.07) is 10.3. The molecule has 2 aromatic carbocycles. The first-order valence-electron chi connectivity index (χ1n) is 11.6. The van der Waals surface area contributed by atoms with Gasteiger partial charge < -0.3 is 0 Å². The molecule has 6 unspecified atom stereocenters. The Hall–Kier alpha value is -3.52. The van der Waals surface area contributed by atoms with E-state index >= 15 is 0 Å². The first kappa shape index (κ1) is 22.0. The van der Waals surface area contributed by atoms with Gasteiger partial charge in [-0.1, -0.05) is 29.8 Å². The smallest absolute Gasteiger partial charge is 0.269 e. The fraction of sp³-hybridized carbons (Fsp3) is 0.346. The van der Waals surface area contributed by atoms with Gasteiger partial charge in [-0.25, -0.2) is 0 Å². The molecule has 2 aromatic rings. The van der Waals surface area contributed by atoms with Gasteiger partial charge in [0.25, 0.3) is 11.6 Å². The van der Waals surface area contributed by atoms with E-state index in [4.69, 9.17) is 11.6 Å². The van der Waals surface area contributed by atoms with E-state index in [-0.39, 0.29) is 53.4 Å². The standard InChI is InChI=1S/C26H22ClN3O5/c1-13-2-5-16(10-21(13)27)28(24(31)14-3-6-15(7-4-14)30(34)35)12-29-25(32)22-17-8-9-18(20-11-19(17)20)23(22)26(29)33/h2-10,17-20,22-23H,11-12H2,1H3. The Labute approximate surface area is 206 Å². The molecule has 5 aliphatic rings. The molecule has 3 fully saturated rings. The van der Waals surface area contributed by atoms with E-state index in [9.17, 15) is 24.5 Å². The lowest BCUT2D eigenvalue weighted by Gasteiger charge is -2.37. The molecule has 3 amide bonds. The summed E-state index contributed by atoms with van der Waals surface area (Å²) in [4.78, 5) is 53.6. The molecule has 8 nitrogen and oxygen atoms in total. The van der Waals surface area contributed by atoms with Crippen LogP contribution in [0.3, 0.4) is 0 Å². The van der Waals surface area contributed by atoms with Gasteiger partial charge in [-0.2, -0.15) is 0 Å². The summed E-state index contributed by atoms with van der Waals surface area (Å²) in [5.74, 6) is -0.534. The normalized spacial score (nSPS) is 29.7. The third kappa shape index (κ3) is 3.31. The zero-order valence-electron chi connectivity index (χ0n) is 18.8. The van der Waals surface area contributed by atoms with Crippen molar-refractivity contribution in [1.82, 2.24) is 4.90 Å². The molecule has 2 bridgehead atoms. The average molecular weight is 492 g/mol. The van der Waals surface area contributed by atoms with E-state index in [0.717, 1.165) is 12.0 Å². The highest BCUT2D eigenvalue weighted by Gasteiger charge is 2.67. The molecule has 1 heterocycles. The van der Waals surface area contributed by atoms with Crippen molar-refractivity contribution in [3.05, 3.63) is 80.9 Å². The third-order valence-corrected chi connectivity index (χ3v) is 8.48. The molecule has 0 spiro atoms. The molecular weight excluding hydrogens is 470 g/mol. The van der Waals surface area contributed by atoms with Crippen molar-refractivity contribution in [1.29, 1.82) is 0 Å². The highest BCUT2D eigenvalue weighted by atomic mass is 35.5. The summed E-state index contributed by atoms with van der Waals surface area (Å²) in [5, 5.41) is 11.5. The summed E-state index contributed by atoms with van der Waals surface area (Å²) in [6.07, 6.45) is 5.28. The first-order chi connectivity index (χ1) is 16.8. The van der Waals surface area contributed by atoms with Crippen molar-refractivity contribution in [3.63, 3.8) is 0 Å². The van der Waals surface area contributed by atoms with Crippen LogP contribution in [0.2, 0.25) is 5.02 Å². The zero-order valence-corrected chi connectivity index (χ0v) is 19.6. The van der Waals surface area contributed by atoms with Gasteiger partial charge in [0.1, 0.15) is 6.67 Å². The number of rotatable bonds is 5. The number of anilines is 1. The van der Waals surface area contributed by atoms with Crippen LogP contribution >= 0.6 is 11.6 Å².